The van der Waals surface area contributed by atoms with Gasteiger partial charge in [0.2, 0.25) is 0 Å². The van der Waals surface area contributed by atoms with E-state index < -0.39 is 5.41 Å². The maximum Gasteiger partial charge on any atom is 0.0782 e. The van der Waals surface area contributed by atoms with Gasteiger partial charge in [0.1, 0.15) is 0 Å². The summed E-state index contributed by atoms with van der Waals surface area (Å²) in [7, 11) is 0. The Balaban J connectivity index is 1.07. The predicted octanol–water partition coefficient (Wildman–Crippen LogP) is 17.6. The number of aromatic nitrogens is 1. The minimum atomic E-state index is -0.439. The van der Waals surface area contributed by atoms with Crippen LogP contribution in [0.5, 0.6) is 0 Å². The summed E-state index contributed by atoms with van der Waals surface area (Å²) in [5.74, 6) is 0. The quantitative estimate of drug-likeness (QED) is 0.155. The molecule has 2 aliphatic carbocycles. The van der Waals surface area contributed by atoms with Crippen LogP contribution in [-0.4, -0.2) is 4.57 Å². The molecule has 1 aromatic heterocycles. The van der Waals surface area contributed by atoms with E-state index in [1.807, 2.05) is 0 Å². The monoisotopic (exact) mass is 876 g/mol. The van der Waals surface area contributed by atoms with Crippen LogP contribution >= 0.6 is 0 Å². The molecular formula is C67H44N2. The number of fused-ring (bicyclic) bond motifs is 13. The molecule has 14 rings (SSSR count). The van der Waals surface area contributed by atoms with Crippen molar-refractivity contribution < 1.29 is 0 Å². The lowest BCUT2D eigenvalue weighted by Crippen LogP contribution is -2.25. The first-order valence-electron chi connectivity index (χ1n) is 23.9. The molecule has 2 aliphatic rings. The molecule has 2 heteroatoms. The largest absolute Gasteiger partial charge is 0.308 e. The Morgan fingerprint density at radius 1 is 0.290 bits per heavy atom. The molecule has 2 nitrogen and oxygen atoms in total. The molecule has 0 saturated heterocycles. The van der Waals surface area contributed by atoms with Crippen LogP contribution in [-0.2, 0) is 5.41 Å². The summed E-state index contributed by atoms with van der Waals surface area (Å²) in [5.41, 5.74) is 23.9. The lowest BCUT2D eigenvalue weighted by atomic mass is 9.70. The van der Waals surface area contributed by atoms with Crippen molar-refractivity contribution in [2.45, 2.75) is 5.41 Å². The zero-order chi connectivity index (χ0) is 45.5. The van der Waals surface area contributed by atoms with Crippen molar-refractivity contribution in [1.29, 1.82) is 0 Å². The molecule has 0 fully saturated rings. The number of para-hydroxylation sites is 4. The number of hydrogen-bond donors (Lipinski definition) is 0. The van der Waals surface area contributed by atoms with Gasteiger partial charge in [-0.2, -0.15) is 0 Å². The fourth-order valence-electron chi connectivity index (χ4n) is 12.1. The van der Waals surface area contributed by atoms with Crippen molar-refractivity contribution in [3.63, 3.8) is 0 Å². The summed E-state index contributed by atoms with van der Waals surface area (Å²) in [6, 6.07) is 98.6. The lowest BCUT2D eigenvalue weighted by Gasteiger charge is -2.32. The molecule has 0 atom stereocenters. The normalized spacial score (nSPS) is 12.8. The van der Waals surface area contributed by atoms with Crippen molar-refractivity contribution >= 4 is 38.9 Å². The SMILES string of the molecule is c1ccc(-c2ccccc2-c2ccccc2-c2ccccc2N(c2ccc3c(c2)-c2ccccc2C32c3ccccc3-c3ccccc32)c2cccc3c4ccccc4n(-c4ccccc4)c23)cc1. The Bertz CT molecular complexity index is 3930. The van der Waals surface area contributed by atoms with Crippen LogP contribution in [0.4, 0.5) is 17.1 Å². The summed E-state index contributed by atoms with van der Waals surface area (Å²) in [6.07, 6.45) is 0. The first-order valence-corrected chi connectivity index (χ1v) is 23.9. The highest BCUT2D eigenvalue weighted by Gasteiger charge is 2.51. The third-order valence-corrected chi connectivity index (χ3v) is 14.8. The van der Waals surface area contributed by atoms with E-state index in [-0.39, 0.29) is 0 Å². The summed E-state index contributed by atoms with van der Waals surface area (Å²) >= 11 is 0. The van der Waals surface area contributed by atoms with Gasteiger partial charge in [-0.25, -0.2) is 0 Å². The van der Waals surface area contributed by atoms with E-state index >= 15 is 0 Å². The molecule has 0 amide bonds. The van der Waals surface area contributed by atoms with Crippen LogP contribution in [0.25, 0.3) is 83.1 Å². The van der Waals surface area contributed by atoms with Gasteiger partial charge in [0, 0.05) is 27.7 Å². The van der Waals surface area contributed by atoms with Crippen molar-refractivity contribution in [3.05, 3.63) is 289 Å². The molecule has 12 aromatic rings. The van der Waals surface area contributed by atoms with Crippen LogP contribution in [0, 0.1) is 0 Å². The summed E-state index contributed by atoms with van der Waals surface area (Å²) in [4.78, 5) is 2.54. The van der Waals surface area contributed by atoms with Crippen LogP contribution in [0.2, 0.25) is 0 Å². The van der Waals surface area contributed by atoms with Crippen molar-refractivity contribution in [2.24, 2.45) is 0 Å². The van der Waals surface area contributed by atoms with Crippen LogP contribution < -0.4 is 4.90 Å². The second-order valence-corrected chi connectivity index (χ2v) is 18.3. The highest BCUT2D eigenvalue weighted by atomic mass is 15.2. The van der Waals surface area contributed by atoms with E-state index in [0.29, 0.717) is 0 Å². The third kappa shape index (κ3) is 5.73. The molecule has 0 unspecified atom stereocenters. The predicted molar refractivity (Wildman–Crippen MR) is 288 cm³/mol. The Kier molecular flexibility index (Phi) is 8.84. The molecule has 1 heterocycles. The Morgan fingerprint density at radius 3 is 1.41 bits per heavy atom. The van der Waals surface area contributed by atoms with Gasteiger partial charge in [-0.15, -0.1) is 0 Å². The Morgan fingerprint density at radius 2 is 0.739 bits per heavy atom. The van der Waals surface area contributed by atoms with E-state index in [9.17, 15) is 0 Å². The second kappa shape index (κ2) is 15.6. The summed E-state index contributed by atoms with van der Waals surface area (Å²) < 4.78 is 2.46. The van der Waals surface area contributed by atoms with Gasteiger partial charge in [-0.05, 0) is 115 Å². The third-order valence-electron chi connectivity index (χ3n) is 14.8. The number of nitrogens with zero attached hydrogens (tertiary/aromatic N) is 2. The minimum absolute atomic E-state index is 0.439. The minimum Gasteiger partial charge on any atom is -0.308 e. The van der Waals surface area contributed by atoms with E-state index in [1.165, 1.54) is 88.6 Å². The maximum absolute atomic E-state index is 2.54. The topological polar surface area (TPSA) is 8.17 Å². The summed E-state index contributed by atoms with van der Waals surface area (Å²) in [6.45, 7) is 0. The fraction of sp³-hybridized carbons (Fsp3) is 0.0149. The standard InChI is InChI=1S/C67H44N2/c1-3-22-45(23-4-1)48-26-7-8-27-49(48)50-28-9-10-29-51(50)55-33-14-19-39-63(55)68(65-41-21-35-57-56-34-15-20-40-64(56)69(66(57)65)46-24-5-2-6-25-46)47-42-43-62-58(44-47)54-32-13-18-38-61(54)67(62)59-36-16-11-30-52(59)53-31-12-17-37-60(53)67/h1-44H. The molecule has 69 heavy (non-hydrogen) atoms. The molecule has 0 saturated carbocycles. The van der Waals surface area contributed by atoms with Gasteiger partial charge in [-0.1, -0.05) is 224 Å². The van der Waals surface area contributed by atoms with Gasteiger partial charge in [0.05, 0.1) is 27.8 Å². The fourth-order valence-corrected chi connectivity index (χ4v) is 12.1. The molecule has 0 radical (unpaired) electrons. The molecule has 11 aromatic carbocycles. The first kappa shape index (κ1) is 39.2. The Hall–Kier alpha value is -8.98. The summed E-state index contributed by atoms with van der Waals surface area (Å²) in [5, 5.41) is 2.42. The number of rotatable bonds is 7. The average Bonchev–Trinajstić information content (AvgIpc) is 4.04. The number of anilines is 3. The van der Waals surface area contributed by atoms with Crippen molar-refractivity contribution in [3.8, 4) is 61.3 Å². The molecule has 0 N–H and O–H groups in total. The smallest absolute Gasteiger partial charge is 0.0782 e. The molecule has 1 spiro atoms. The Labute approximate surface area is 402 Å². The van der Waals surface area contributed by atoms with Gasteiger partial charge >= 0.3 is 0 Å². The first-order chi connectivity index (χ1) is 34.3. The van der Waals surface area contributed by atoms with Crippen molar-refractivity contribution in [1.82, 2.24) is 4.57 Å². The van der Waals surface area contributed by atoms with Gasteiger partial charge in [-0.3, -0.25) is 0 Å². The van der Waals surface area contributed by atoms with E-state index in [0.717, 1.165) is 33.8 Å². The van der Waals surface area contributed by atoms with E-state index in [4.69, 9.17) is 0 Å². The van der Waals surface area contributed by atoms with Crippen LogP contribution in [0.3, 0.4) is 0 Å². The highest BCUT2D eigenvalue weighted by Crippen LogP contribution is 2.63. The van der Waals surface area contributed by atoms with Gasteiger partial charge in [0.15, 0.2) is 0 Å². The zero-order valence-electron chi connectivity index (χ0n) is 37.8. The van der Waals surface area contributed by atoms with Gasteiger partial charge in [0.25, 0.3) is 0 Å². The van der Waals surface area contributed by atoms with Gasteiger partial charge < -0.3 is 9.47 Å². The lowest BCUT2D eigenvalue weighted by molar-refractivity contribution is 0.794. The molecule has 0 bridgehead atoms. The molecular weight excluding hydrogens is 833 g/mol. The van der Waals surface area contributed by atoms with E-state index in [1.54, 1.807) is 0 Å². The van der Waals surface area contributed by atoms with E-state index in [2.05, 4.69) is 276 Å². The highest BCUT2D eigenvalue weighted by molar-refractivity contribution is 6.15. The molecule has 322 valence electrons. The average molecular weight is 877 g/mol. The zero-order valence-corrected chi connectivity index (χ0v) is 37.8. The van der Waals surface area contributed by atoms with Crippen molar-refractivity contribution in [2.75, 3.05) is 4.90 Å². The number of benzene rings is 11. The number of hydrogen-bond acceptors (Lipinski definition) is 1. The van der Waals surface area contributed by atoms with Crippen LogP contribution in [0.1, 0.15) is 22.3 Å². The maximum atomic E-state index is 2.54. The second-order valence-electron chi connectivity index (χ2n) is 18.3. The van der Waals surface area contributed by atoms with Crippen LogP contribution in [0.15, 0.2) is 267 Å². The molecule has 0 aliphatic heterocycles.